The van der Waals surface area contributed by atoms with E-state index in [4.69, 9.17) is 4.74 Å². The number of hydrogen-bond acceptors (Lipinski definition) is 5. The summed E-state index contributed by atoms with van der Waals surface area (Å²) in [5.74, 6) is -0.168. The van der Waals surface area contributed by atoms with E-state index in [1.54, 1.807) is 12.3 Å². The summed E-state index contributed by atoms with van der Waals surface area (Å²) in [6, 6.07) is 7.92. The van der Waals surface area contributed by atoms with Crippen molar-refractivity contribution in [2.24, 2.45) is 0 Å². The molecule has 3 rings (SSSR count). The third kappa shape index (κ3) is 4.07. The van der Waals surface area contributed by atoms with E-state index in [0.717, 1.165) is 31.5 Å². The Morgan fingerprint density at radius 1 is 1.42 bits per heavy atom. The van der Waals surface area contributed by atoms with E-state index in [-0.39, 0.29) is 12.0 Å². The number of ether oxygens (including phenoxy) is 1. The van der Waals surface area contributed by atoms with Crippen LogP contribution in [0.3, 0.4) is 0 Å². The summed E-state index contributed by atoms with van der Waals surface area (Å²) in [6.07, 6.45) is 2.66. The van der Waals surface area contributed by atoms with Crippen molar-refractivity contribution in [1.82, 2.24) is 20.2 Å². The smallest absolute Gasteiger partial charge is 0.269 e. The first-order valence-corrected chi connectivity index (χ1v) is 8.49. The fraction of sp³-hybridized carbons (Fsp3) is 0.500. The molecule has 24 heavy (non-hydrogen) atoms. The molecule has 1 fully saturated rings. The van der Waals surface area contributed by atoms with E-state index in [9.17, 15) is 4.79 Å². The second-order valence-corrected chi connectivity index (χ2v) is 6.37. The van der Waals surface area contributed by atoms with Gasteiger partial charge in [0.15, 0.2) is 5.65 Å². The molecule has 2 aromatic heterocycles. The van der Waals surface area contributed by atoms with Crippen molar-refractivity contribution in [3.63, 3.8) is 0 Å². The molecule has 0 radical (unpaired) electrons. The Balaban J connectivity index is 1.51. The van der Waals surface area contributed by atoms with Crippen molar-refractivity contribution < 1.29 is 9.53 Å². The normalized spacial score (nSPS) is 18.9. The second-order valence-electron chi connectivity index (χ2n) is 6.37. The third-order valence-electron chi connectivity index (χ3n) is 4.35. The SMILES string of the molecule is CC(C)N1CCO[C@@H](CCNC(=O)c2ccc3cccnc3n2)C1. The quantitative estimate of drug-likeness (QED) is 0.907. The van der Waals surface area contributed by atoms with Crippen molar-refractivity contribution >= 4 is 16.9 Å². The van der Waals surface area contributed by atoms with E-state index in [2.05, 4.69) is 34.0 Å². The highest BCUT2D eigenvalue weighted by Crippen LogP contribution is 2.12. The fourth-order valence-corrected chi connectivity index (χ4v) is 2.90. The molecule has 0 spiro atoms. The van der Waals surface area contributed by atoms with E-state index in [1.165, 1.54) is 0 Å². The summed E-state index contributed by atoms with van der Waals surface area (Å²) in [4.78, 5) is 23.2. The average Bonchev–Trinajstić information content (AvgIpc) is 2.61. The fourth-order valence-electron chi connectivity index (χ4n) is 2.90. The molecule has 1 aliphatic rings. The van der Waals surface area contributed by atoms with Crippen LogP contribution in [0, 0.1) is 0 Å². The molecule has 0 aromatic carbocycles. The number of hydrogen-bond donors (Lipinski definition) is 1. The van der Waals surface area contributed by atoms with E-state index in [1.807, 2.05) is 18.2 Å². The Bertz CT molecular complexity index is 704. The van der Waals surface area contributed by atoms with Gasteiger partial charge in [-0.3, -0.25) is 9.69 Å². The van der Waals surface area contributed by atoms with Crippen LogP contribution in [-0.2, 0) is 4.74 Å². The van der Waals surface area contributed by atoms with Gasteiger partial charge < -0.3 is 10.1 Å². The standard InChI is InChI=1S/C18H24N4O2/c1-13(2)22-10-11-24-15(12-22)7-9-20-18(23)16-6-5-14-4-3-8-19-17(14)21-16/h3-6,8,13,15H,7,9-12H2,1-2H3,(H,20,23)/t15-/m0/s1. The largest absolute Gasteiger partial charge is 0.375 e. The lowest BCUT2D eigenvalue weighted by Crippen LogP contribution is -2.46. The number of pyridine rings is 2. The van der Waals surface area contributed by atoms with E-state index < -0.39 is 0 Å². The van der Waals surface area contributed by atoms with Crippen molar-refractivity contribution in [3.05, 3.63) is 36.2 Å². The summed E-state index contributed by atoms with van der Waals surface area (Å²) in [6.45, 7) is 7.64. The molecular weight excluding hydrogens is 304 g/mol. The lowest BCUT2D eigenvalue weighted by Gasteiger charge is -2.35. The minimum Gasteiger partial charge on any atom is -0.375 e. The second kappa shape index (κ2) is 7.68. The zero-order chi connectivity index (χ0) is 16.9. The summed E-state index contributed by atoms with van der Waals surface area (Å²) in [5, 5.41) is 3.86. The van der Waals surface area contributed by atoms with Crippen LogP contribution < -0.4 is 5.32 Å². The highest BCUT2D eigenvalue weighted by atomic mass is 16.5. The molecule has 0 aliphatic carbocycles. The molecular formula is C18H24N4O2. The topological polar surface area (TPSA) is 67.3 Å². The van der Waals surface area contributed by atoms with Gasteiger partial charge in [0.2, 0.25) is 0 Å². The maximum absolute atomic E-state index is 12.2. The van der Waals surface area contributed by atoms with Gasteiger partial charge in [0.1, 0.15) is 5.69 Å². The summed E-state index contributed by atoms with van der Waals surface area (Å²) < 4.78 is 5.78. The minimum atomic E-state index is -0.168. The Kier molecular flexibility index (Phi) is 5.37. The summed E-state index contributed by atoms with van der Waals surface area (Å²) >= 11 is 0. The van der Waals surface area contributed by atoms with Crippen LogP contribution in [0.25, 0.3) is 11.0 Å². The van der Waals surface area contributed by atoms with Gasteiger partial charge in [-0.05, 0) is 44.5 Å². The van der Waals surface area contributed by atoms with E-state index >= 15 is 0 Å². The number of morpholine rings is 1. The number of rotatable bonds is 5. The molecule has 128 valence electrons. The van der Waals surface area contributed by atoms with Gasteiger partial charge >= 0.3 is 0 Å². The number of carbonyl (C=O) groups excluding carboxylic acids is 1. The van der Waals surface area contributed by atoms with Gasteiger partial charge in [-0.1, -0.05) is 0 Å². The lowest BCUT2D eigenvalue weighted by molar-refractivity contribution is -0.0412. The number of amides is 1. The Hall–Kier alpha value is -2.05. The van der Waals surface area contributed by atoms with E-state index in [0.29, 0.717) is 23.9 Å². The molecule has 1 aliphatic heterocycles. The van der Waals surface area contributed by atoms with Crippen molar-refractivity contribution in [2.75, 3.05) is 26.2 Å². The Labute approximate surface area is 142 Å². The summed E-state index contributed by atoms with van der Waals surface area (Å²) in [7, 11) is 0. The van der Waals surface area contributed by atoms with Crippen LogP contribution in [0.1, 0.15) is 30.8 Å². The monoisotopic (exact) mass is 328 g/mol. The molecule has 3 heterocycles. The number of fused-ring (bicyclic) bond motifs is 1. The van der Waals surface area contributed by atoms with Gasteiger partial charge in [-0.15, -0.1) is 0 Å². The van der Waals surface area contributed by atoms with Crippen molar-refractivity contribution in [3.8, 4) is 0 Å². The predicted octanol–water partition coefficient (Wildman–Crippen LogP) is 1.86. The van der Waals surface area contributed by atoms with Gasteiger partial charge in [0, 0.05) is 37.3 Å². The van der Waals surface area contributed by atoms with Gasteiger partial charge in [-0.25, -0.2) is 9.97 Å². The van der Waals surface area contributed by atoms with Crippen molar-refractivity contribution in [1.29, 1.82) is 0 Å². The average molecular weight is 328 g/mol. The molecule has 1 atom stereocenters. The molecule has 1 saturated heterocycles. The third-order valence-corrected chi connectivity index (χ3v) is 4.35. The first kappa shape index (κ1) is 16.8. The Morgan fingerprint density at radius 2 is 2.29 bits per heavy atom. The molecule has 6 heteroatoms. The molecule has 6 nitrogen and oxygen atoms in total. The van der Waals surface area contributed by atoms with Gasteiger partial charge in [0.05, 0.1) is 12.7 Å². The zero-order valence-electron chi connectivity index (χ0n) is 14.2. The number of nitrogens with one attached hydrogen (secondary N) is 1. The minimum absolute atomic E-state index is 0.168. The molecule has 0 bridgehead atoms. The maximum atomic E-state index is 12.2. The molecule has 0 saturated carbocycles. The number of aromatic nitrogens is 2. The highest BCUT2D eigenvalue weighted by molar-refractivity contribution is 5.94. The van der Waals surface area contributed by atoms with Crippen LogP contribution in [0.2, 0.25) is 0 Å². The molecule has 1 N–H and O–H groups in total. The van der Waals surface area contributed by atoms with Crippen LogP contribution in [0.4, 0.5) is 0 Å². The van der Waals surface area contributed by atoms with Crippen LogP contribution >= 0.6 is 0 Å². The summed E-state index contributed by atoms with van der Waals surface area (Å²) in [5.41, 5.74) is 0.989. The maximum Gasteiger partial charge on any atom is 0.269 e. The predicted molar refractivity (Wildman–Crippen MR) is 92.9 cm³/mol. The highest BCUT2D eigenvalue weighted by Gasteiger charge is 2.22. The van der Waals surface area contributed by atoms with Crippen LogP contribution in [0.15, 0.2) is 30.5 Å². The number of nitrogens with zero attached hydrogens (tertiary/aromatic N) is 3. The molecule has 0 unspecified atom stereocenters. The van der Waals surface area contributed by atoms with Crippen LogP contribution in [-0.4, -0.2) is 59.2 Å². The molecule has 2 aromatic rings. The van der Waals surface area contributed by atoms with Gasteiger partial charge in [-0.2, -0.15) is 0 Å². The Morgan fingerprint density at radius 3 is 3.12 bits per heavy atom. The number of carbonyl (C=O) groups is 1. The lowest BCUT2D eigenvalue weighted by atomic mass is 10.1. The zero-order valence-corrected chi connectivity index (χ0v) is 14.2. The molecule has 1 amide bonds. The van der Waals surface area contributed by atoms with Gasteiger partial charge in [0.25, 0.3) is 5.91 Å². The first-order valence-electron chi connectivity index (χ1n) is 8.49. The van der Waals surface area contributed by atoms with Crippen molar-refractivity contribution in [2.45, 2.75) is 32.4 Å². The van der Waals surface area contributed by atoms with Crippen LogP contribution in [0.5, 0.6) is 0 Å². The first-order chi connectivity index (χ1) is 11.6.